The third-order valence-electron chi connectivity index (χ3n) is 2.16. The zero-order valence-corrected chi connectivity index (χ0v) is 11.1. The van der Waals surface area contributed by atoms with Gasteiger partial charge in [-0.15, -0.1) is 0 Å². The zero-order chi connectivity index (χ0) is 13.7. The monoisotopic (exact) mass is 290 g/mol. The van der Waals surface area contributed by atoms with E-state index in [1.54, 1.807) is 0 Å². The van der Waals surface area contributed by atoms with Crippen molar-refractivity contribution in [2.75, 3.05) is 19.4 Å². The van der Waals surface area contributed by atoms with Gasteiger partial charge in [-0.05, 0) is 12.1 Å². The number of carbonyl (C=O) groups excluding carboxylic acids is 2. The van der Waals surface area contributed by atoms with Crippen LogP contribution in [0, 0.1) is 0 Å². The molecule has 0 heterocycles. The summed E-state index contributed by atoms with van der Waals surface area (Å²) in [6.45, 7) is 0.172. The number of nitrogen functional groups attached to an aromatic ring is 1. The molecule has 0 radical (unpaired) electrons. The molecule has 0 aliphatic carbocycles. The number of nitrogens with one attached hydrogen (secondary N) is 1. The average molecular weight is 291 g/mol. The fourth-order valence-corrected chi connectivity index (χ4v) is 1.56. The summed E-state index contributed by atoms with van der Waals surface area (Å²) < 4.78 is 4.44. The number of hydrogen-bond donors (Lipinski definition) is 2. The molecule has 5 nitrogen and oxygen atoms in total. The Kier molecular flexibility index (Phi) is 5.25. The summed E-state index contributed by atoms with van der Waals surface area (Å²) in [6.07, 6.45) is 0.0963. The van der Waals surface area contributed by atoms with Gasteiger partial charge in [-0.25, -0.2) is 0 Å². The highest BCUT2D eigenvalue weighted by Crippen LogP contribution is 2.29. The van der Waals surface area contributed by atoms with Gasteiger partial charge in [0.15, 0.2) is 0 Å². The molecule has 1 aromatic rings. The van der Waals surface area contributed by atoms with Gasteiger partial charge in [0, 0.05) is 12.1 Å². The van der Waals surface area contributed by atoms with Crippen LogP contribution in [0.15, 0.2) is 12.1 Å². The molecule has 0 bridgehead atoms. The maximum absolute atomic E-state index is 11.7. The van der Waals surface area contributed by atoms with Crippen LogP contribution in [0.2, 0.25) is 10.0 Å². The van der Waals surface area contributed by atoms with Crippen LogP contribution in [-0.4, -0.2) is 25.5 Å². The first-order valence-electron chi connectivity index (χ1n) is 5.05. The minimum Gasteiger partial charge on any atom is -0.469 e. The molecule has 0 saturated carbocycles. The Morgan fingerprint density at radius 2 is 2.06 bits per heavy atom. The quantitative estimate of drug-likeness (QED) is 0.655. The van der Waals surface area contributed by atoms with Crippen LogP contribution in [-0.2, 0) is 9.53 Å². The molecule has 0 aliphatic rings. The van der Waals surface area contributed by atoms with Crippen LogP contribution in [0.4, 0.5) is 5.69 Å². The molecule has 0 fully saturated rings. The normalized spacial score (nSPS) is 9.94. The Morgan fingerprint density at radius 1 is 1.39 bits per heavy atom. The van der Waals surface area contributed by atoms with Gasteiger partial charge in [0.25, 0.3) is 5.91 Å². The minimum atomic E-state index is -0.399. The van der Waals surface area contributed by atoms with E-state index in [0.717, 1.165) is 0 Å². The number of hydrogen-bond acceptors (Lipinski definition) is 4. The summed E-state index contributed by atoms with van der Waals surface area (Å²) in [6, 6.07) is 2.83. The first-order valence-corrected chi connectivity index (χ1v) is 5.80. The number of nitrogens with two attached hydrogens (primary N) is 1. The maximum atomic E-state index is 11.7. The molecule has 0 spiro atoms. The van der Waals surface area contributed by atoms with Gasteiger partial charge < -0.3 is 15.8 Å². The van der Waals surface area contributed by atoms with E-state index in [1.165, 1.54) is 19.2 Å². The van der Waals surface area contributed by atoms with Gasteiger partial charge >= 0.3 is 5.97 Å². The smallest absolute Gasteiger partial charge is 0.307 e. The Bertz CT molecular complexity index is 454. The minimum absolute atomic E-state index is 0.0963. The average Bonchev–Trinajstić information content (AvgIpc) is 2.34. The summed E-state index contributed by atoms with van der Waals surface area (Å²) in [4.78, 5) is 22.6. The number of anilines is 1. The lowest BCUT2D eigenvalue weighted by atomic mass is 10.2. The highest BCUT2D eigenvalue weighted by atomic mass is 35.5. The lowest BCUT2D eigenvalue weighted by Gasteiger charge is -2.07. The number of halogens is 2. The van der Waals surface area contributed by atoms with Crippen molar-refractivity contribution in [1.29, 1.82) is 0 Å². The second kappa shape index (κ2) is 6.47. The van der Waals surface area contributed by atoms with Crippen LogP contribution >= 0.6 is 23.2 Å². The Balaban J connectivity index is 2.65. The number of methoxy groups -OCH3 is 1. The van der Waals surface area contributed by atoms with Gasteiger partial charge in [-0.1, -0.05) is 23.2 Å². The van der Waals surface area contributed by atoms with Crippen LogP contribution < -0.4 is 11.1 Å². The van der Waals surface area contributed by atoms with E-state index in [0.29, 0.717) is 0 Å². The van der Waals surface area contributed by atoms with Crippen molar-refractivity contribution < 1.29 is 14.3 Å². The SMILES string of the molecule is COC(=O)CCNC(=O)c1cc(N)c(Cl)c(Cl)c1. The Morgan fingerprint density at radius 3 is 2.61 bits per heavy atom. The molecule has 0 aliphatic heterocycles. The molecule has 1 aromatic carbocycles. The van der Waals surface area contributed by atoms with E-state index in [2.05, 4.69) is 10.1 Å². The molecule has 1 amide bonds. The molecule has 0 unspecified atom stereocenters. The van der Waals surface area contributed by atoms with E-state index >= 15 is 0 Å². The fraction of sp³-hybridized carbons (Fsp3) is 0.273. The maximum Gasteiger partial charge on any atom is 0.307 e. The molecule has 1 rings (SSSR count). The molecule has 0 atom stereocenters. The van der Waals surface area contributed by atoms with Crippen molar-refractivity contribution >= 4 is 40.8 Å². The van der Waals surface area contributed by atoms with Gasteiger partial charge in [-0.3, -0.25) is 9.59 Å². The van der Waals surface area contributed by atoms with Crippen molar-refractivity contribution in [3.63, 3.8) is 0 Å². The third kappa shape index (κ3) is 3.78. The first-order chi connectivity index (χ1) is 8.45. The summed E-state index contributed by atoms with van der Waals surface area (Å²) in [5.41, 5.74) is 6.10. The molecule has 98 valence electrons. The van der Waals surface area contributed by atoms with Crippen molar-refractivity contribution in [2.45, 2.75) is 6.42 Å². The second-order valence-electron chi connectivity index (χ2n) is 3.44. The first kappa shape index (κ1) is 14.6. The number of rotatable bonds is 4. The zero-order valence-electron chi connectivity index (χ0n) is 9.63. The molecule has 0 aromatic heterocycles. The van der Waals surface area contributed by atoms with Crippen LogP contribution in [0.25, 0.3) is 0 Å². The van der Waals surface area contributed by atoms with Crippen LogP contribution in [0.1, 0.15) is 16.8 Å². The summed E-state index contributed by atoms with van der Waals surface area (Å²) in [7, 11) is 1.28. The largest absolute Gasteiger partial charge is 0.469 e. The van der Waals surface area contributed by atoms with Gasteiger partial charge in [0.05, 0.1) is 29.3 Å². The van der Waals surface area contributed by atoms with E-state index < -0.39 is 5.97 Å². The predicted octanol–water partition coefficient (Wildman–Crippen LogP) is 1.87. The van der Waals surface area contributed by atoms with E-state index in [1.807, 2.05) is 0 Å². The predicted molar refractivity (Wildman–Crippen MR) is 69.8 cm³/mol. The highest BCUT2D eigenvalue weighted by molar-refractivity contribution is 6.43. The van der Waals surface area contributed by atoms with Crippen LogP contribution in [0.5, 0.6) is 0 Å². The number of benzene rings is 1. The second-order valence-corrected chi connectivity index (χ2v) is 4.23. The van der Waals surface area contributed by atoms with Crippen molar-refractivity contribution in [3.8, 4) is 0 Å². The van der Waals surface area contributed by atoms with Crippen molar-refractivity contribution in [2.24, 2.45) is 0 Å². The summed E-state index contributed by atoms with van der Waals surface area (Å²) >= 11 is 11.6. The fourth-order valence-electron chi connectivity index (χ4n) is 1.22. The molecule has 0 saturated heterocycles. The van der Waals surface area contributed by atoms with Crippen molar-refractivity contribution in [1.82, 2.24) is 5.32 Å². The molecule has 7 heteroatoms. The van der Waals surface area contributed by atoms with E-state index in [-0.39, 0.29) is 40.2 Å². The summed E-state index contributed by atoms with van der Waals surface area (Å²) in [5.74, 6) is -0.784. The Hall–Kier alpha value is -1.46. The standard InChI is InChI=1S/C11H12Cl2N2O3/c1-18-9(16)2-3-15-11(17)6-4-7(12)10(13)8(14)5-6/h4-5H,2-3,14H2,1H3,(H,15,17). The number of esters is 1. The highest BCUT2D eigenvalue weighted by Gasteiger charge is 2.11. The lowest BCUT2D eigenvalue weighted by Crippen LogP contribution is -2.26. The number of ether oxygens (including phenoxy) is 1. The van der Waals surface area contributed by atoms with Crippen LogP contribution in [0.3, 0.4) is 0 Å². The topological polar surface area (TPSA) is 81.4 Å². The molecule has 18 heavy (non-hydrogen) atoms. The third-order valence-corrected chi connectivity index (χ3v) is 2.98. The van der Waals surface area contributed by atoms with Crippen molar-refractivity contribution in [3.05, 3.63) is 27.7 Å². The Labute approximate surface area is 114 Å². The van der Waals surface area contributed by atoms with Gasteiger partial charge in [0.2, 0.25) is 0 Å². The van der Waals surface area contributed by atoms with Gasteiger partial charge in [-0.2, -0.15) is 0 Å². The molecular formula is C11H12Cl2N2O3. The summed E-state index contributed by atoms with van der Waals surface area (Å²) in [5, 5.41) is 2.96. The number of carbonyl (C=O) groups is 2. The van der Waals surface area contributed by atoms with Gasteiger partial charge in [0.1, 0.15) is 0 Å². The number of amides is 1. The lowest BCUT2D eigenvalue weighted by molar-refractivity contribution is -0.140. The molecule has 3 N–H and O–H groups in total. The van der Waals surface area contributed by atoms with E-state index in [9.17, 15) is 9.59 Å². The van der Waals surface area contributed by atoms with E-state index in [4.69, 9.17) is 28.9 Å². The molecular weight excluding hydrogens is 279 g/mol.